The molecule has 0 amide bonds. The van der Waals surface area contributed by atoms with E-state index < -0.39 is 0 Å². The van der Waals surface area contributed by atoms with Crippen LogP contribution in [0.15, 0.2) is 16.6 Å². The minimum Gasteiger partial charge on any atom is -0.469 e. The first kappa shape index (κ1) is 11.3. The van der Waals surface area contributed by atoms with Gasteiger partial charge in [0.2, 0.25) is 0 Å². The number of rotatable bonds is 2. The van der Waals surface area contributed by atoms with Gasteiger partial charge in [-0.05, 0) is 33.6 Å². The average Bonchev–Trinajstić information content (AvgIpc) is 2.14. The molecule has 76 valence electrons. The fourth-order valence-corrected chi connectivity index (χ4v) is 1.53. The Morgan fingerprint density at radius 1 is 1.64 bits per heavy atom. The Morgan fingerprint density at radius 3 is 2.86 bits per heavy atom. The largest absolute Gasteiger partial charge is 0.469 e. The molecular formula is C9H9BrClNO2. The number of methoxy groups -OCH3 is 1. The molecule has 0 aliphatic rings. The van der Waals surface area contributed by atoms with Crippen molar-refractivity contribution in [3.63, 3.8) is 0 Å². The Labute approximate surface area is 95.3 Å². The van der Waals surface area contributed by atoms with Crippen LogP contribution < -0.4 is 5.73 Å². The standard InChI is InChI=1S/C9H9BrClNO2/c1-14-9(13)3-5-2-7(11)6(10)4-8(5)12/h2,4H,3,12H2,1H3. The quantitative estimate of drug-likeness (QED) is 0.667. The second-order valence-electron chi connectivity index (χ2n) is 2.72. The van der Waals surface area contributed by atoms with Gasteiger partial charge in [-0.2, -0.15) is 0 Å². The van der Waals surface area contributed by atoms with Gasteiger partial charge in [0, 0.05) is 10.2 Å². The number of hydrogen-bond donors (Lipinski definition) is 1. The third-order valence-electron chi connectivity index (χ3n) is 1.74. The topological polar surface area (TPSA) is 52.3 Å². The lowest BCUT2D eigenvalue weighted by Gasteiger charge is -2.06. The fourth-order valence-electron chi connectivity index (χ4n) is 0.984. The van der Waals surface area contributed by atoms with Crippen LogP contribution in [0.4, 0.5) is 5.69 Å². The summed E-state index contributed by atoms with van der Waals surface area (Å²) in [5.74, 6) is -0.338. The van der Waals surface area contributed by atoms with Gasteiger partial charge < -0.3 is 10.5 Å². The molecule has 0 aromatic heterocycles. The molecule has 0 unspecified atom stereocenters. The maximum absolute atomic E-state index is 11.0. The van der Waals surface area contributed by atoms with E-state index in [0.717, 1.165) is 0 Å². The zero-order chi connectivity index (χ0) is 10.7. The van der Waals surface area contributed by atoms with E-state index >= 15 is 0 Å². The molecular weight excluding hydrogens is 269 g/mol. The van der Waals surface area contributed by atoms with Crippen LogP contribution >= 0.6 is 27.5 Å². The van der Waals surface area contributed by atoms with Gasteiger partial charge in [0.1, 0.15) is 0 Å². The van der Waals surface area contributed by atoms with Gasteiger partial charge in [0.05, 0.1) is 18.6 Å². The first-order valence-electron chi connectivity index (χ1n) is 3.84. The number of anilines is 1. The van der Waals surface area contributed by atoms with Crippen molar-refractivity contribution in [3.05, 3.63) is 27.2 Å². The molecule has 5 heteroatoms. The van der Waals surface area contributed by atoms with Crippen LogP contribution in [-0.2, 0) is 16.0 Å². The second kappa shape index (κ2) is 4.66. The number of nitrogen functional groups attached to an aromatic ring is 1. The van der Waals surface area contributed by atoms with Gasteiger partial charge in [-0.1, -0.05) is 11.6 Å². The van der Waals surface area contributed by atoms with Crippen LogP contribution in [0.1, 0.15) is 5.56 Å². The van der Waals surface area contributed by atoms with Crippen LogP contribution in [0, 0.1) is 0 Å². The third kappa shape index (κ3) is 2.62. The molecule has 0 atom stereocenters. The van der Waals surface area contributed by atoms with Crippen LogP contribution in [-0.4, -0.2) is 13.1 Å². The number of carbonyl (C=O) groups excluding carboxylic acids is 1. The first-order valence-corrected chi connectivity index (χ1v) is 5.02. The van der Waals surface area contributed by atoms with E-state index in [4.69, 9.17) is 17.3 Å². The molecule has 0 fully saturated rings. The number of ether oxygens (including phenoxy) is 1. The lowest BCUT2D eigenvalue weighted by atomic mass is 10.1. The molecule has 3 nitrogen and oxygen atoms in total. The van der Waals surface area contributed by atoms with Crippen molar-refractivity contribution in [2.24, 2.45) is 0 Å². The Hall–Kier alpha value is -0.740. The molecule has 0 radical (unpaired) electrons. The summed E-state index contributed by atoms with van der Waals surface area (Å²) in [4.78, 5) is 11.0. The SMILES string of the molecule is COC(=O)Cc1cc(Cl)c(Br)cc1N. The maximum atomic E-state index is 11.0. The smallest absolute Gasteiger partial charge is 0.310 e. The van der Waals surface area contributed by atoms with Gasteiger partial charge in [0.25, 0.3) is 0 Å². The minimum absolute atomic E-state index is 0.134. The van der Waals surface area contributed by atoms with E-state index in [1.54, 1.807) is 12.1 Å². The molecule has 1 aromatic carbocycles. The van der Waals surface area contributed by atoms with E-state index in [1.807, 2.05) is 0 Å². The van der Waals surface area contributed by atoms with Gasteiger partial charge in [-0.15, -0.1) is 0 Å². The van der Waals surface area contributed by atoms with Gasteiger partial charge >= 0.3 is 5.97 Å². The molecule has 2 N–H and O–H groups in total. The molecule has 0 aliphatic carbocycles. The highest BCUT2D eigenvalue weighted by Gasteiger charge is 2.09. The second-order valence-corrected chi connectivity index (χ2v) is 3.98. The summed E-state index contributed by atoms with van der Waals surface area (Å²) in [5, 5.41) is 0.526. The van der Waals surface area contributed by atoms with Crippen molar-refractivity contribution >= 4 is 39.2 Å². The van der Waals surface area contributed by atoms with Crippen molar-refractivity contribution in [1.82, 2.24) is 0 Å². The summed E-state index contributed by atoms with van der Waals surface area (Å²) in [7, 11) is 1.33. The van der Waals surface area contributed by atoms with Crippen molar-refractivity contribution in [2.75, 3.05) is 12.8 Å². The van der Waals surface area contributed by atoms with E-state index in [9.17, 15) is 4.79 Å². The van der Waals surface area contributed by atoms with Gasteiger partial charge in [-0.3, -0.25) is 4.79 Å². The van der Waals surface area contributed by atoms with Crippen molar-refractivity contribution in [3.8, 4) is 0 Å². The molecule has 0 aliphatic heterocycles. The van der Waals surface area contributed by atoms with Crippen LogP contribution in [0.5, 0.6) is 0 Å². The number of nitrogens with two attached hydrogens (primary N) is 1. The molecule has 0 spiro atoms. The van der Waals surface area contributed by atoms with E-state index in [0.29, 0.717) is 20.7 Å². The number of benzene rings is 1. The lowest BCUT2D eigenvalue weighted by molar-refractivity contribution is -0.139. The summed E-state index contributed by atoms with van der Waals surface area (Å²) in [6, 6.07) is 3.32. The van der Waals surface area contributed by atoms with E-state index in [-0.39, 0.29) is 12.4 Å². The molecule has 1 aromatic rings. The van der Waals surface area contributed by atoms with E-state index in [2.05, 4.69) is 20.7 Å². The maximum Gasteiger partial charge on any atom is 0.310 e. The zero-order valence-corrected chi connectivity index (χ0v) is 9.85. The number of hydrogen-bond acceptors (Lipinski definition) is 3. The fraction of sp³-hybridized carbons (Fsp3) is 0.222. The Kier molecular flexibility index (Phi) is 3.77. The summed E-state index contributed by atoms with van der Waals surface area (Å²) < 4.78 is 5.24. The molecule has 14 heavy (non-hydrogen) atoms. The molecule has 1 rings (SSSR count). The molecule has 0 saturated heterocycles. The zero-order valence-electron chi connectivity index (χ0n) is 7.51. The Balaban J connectivity index is 2.98. The number of halogens is 2. The summed E-state index contributed by atoms with van der Waals surface area (Å²) in [5.41, 5.74) is 6.89. The summed E-state index contributed by atoms with van der Waals surface area (Å²) in [6.45, 7) is 0. The highest BCUT2D eigenvalue weighted by atomic mass is 79.9. The normalized spacial score (nSPS) is 9.93. The van der Waals surface area contributed by atoms with Crippen LogP contribution in [0.3, 0.4) is 0 Å². The van der Waals surface area contributed by atoms with Crippen molar-refractivity contribution < 1.29 is 9.53 Å². The van der Waals surface area contributed by atoms with Gasteiger partial charge in [0.15, 0.2) is 0 Å². The van der Waals surface area contributed by atoms with Crippen molar-refractivity contribution in [2.45, 2.75) is 6.42 Å². The highest BCUT2D eigenvalue weighted by molar-refractivity contribution is 9.10. The summed E-state index contributed by atoms with van der Waals surface area (Å²) >= 11 is 9.09. The first-order chi connectivity index (χ1) is 6.54. The molecule has 0 saturated carbocycles. The third-order valence-corrected chi connectivity index (χ3v) is 2.94. The van der Waals surface area contributed by atoms with Crippen LogP contribution in [0.25, 0.3) is 0 Å². The minimum atomic E-state index is -0.338. The summed E-state index contributed by atoms with van der Waals surface area (Å²) in [6.07, 6.45) is 0.134. The predicted octanol–water partition coefficient (Wildman–Crippen LogP) is 2.40. The average molecular weight is 279 g/mol. The monoisotopic (exact) mass is 277 g/mol. The van der Waals surface area contributed by atoms with E-state index in [1.165, 1.54) is 7.11 Å². The highest BCUT2D eigenvalue weighted by Crippen LogP contribution is 2.28. The van der Waals surface area contributed by atoms with Crippen LogP contribution in [0.2, 0.25) is 5.02 Å². The number of esters is 1. The Bertz CT molecular complexity index is 368. The number of carbonyl (C=O) groups is 1. The van der Waals surface area contributed by atoms with Crippen molar-refractivity contribution in [1.29, 1.82) is 0 Å². The Morgan fingerprint density at radius 2 is 2.29 bits per heavy atom. The molecule has 0 bridgehead atoms. The van der Waals surface area contributed by atoms with Gasteiger partial charge in [-0.25, -0.2) is 0 Å². The molecule has 0 heterocycles. The predicted molar refractivity (Wildman–Crippen MR) is 59.3 cm³/mol. The lowest BCUT2D eigenvalue weighted by Crippen LogP contribution is -2.06.